The van der Waals surface area contributed by atoms with Crippen LogP contribution >= 0.6 is 0 Å². The van der Waals surface area contributed by atoms with E-state index in [1.165, 1.54) is 6.07 Å². The van der Waals surface area contributed by atoms with Crippen molar-refractivity contribution in [1.29, 1.82) is 0 Å². The Balaban J connectivity index is 2.59. The van der Waals surface area contributed by atoms with Gasteiger partial charge in [-0.3, -0.25) is 0 Å². The van der Waals surface area contributed by atoms with Crippen molar-refractivity contribution in [3.63, 3.8) is 0 Å². The highest BCUT2D eigenvalue weighted by atomic mass is 19.1. The molecule has 0 saturated carbocycles. The molecule has 2 aromatic rings. The molecular formula is C11H12FN3. The smallest absolute Gasteiger partial charge is 0.149 e. The average Bonchev–Trinajstić information content (AvgIpc) is 2.28. The number of nitrogens with zero attached hydrogens (tertiary/aromatic N) is 2. The van der Waals surface area contributed by atoms with Crippen molar-refractivity contribution in [3.05, 3.63) is 36.0 Å². The minimum absolute atomic E-state index is 0.0222. The van der Waals surface area contributed by atoms with E-state index in [-0.39, 0.29) is 11.9 Å². The number of halogens is 1. The van der Waals surface area contributed by atoms with E-state index in [1.54, 1.807) is 18.3 Å². The third-order valence-electron chi connectivity index (χ3n) is 2.40. The van der Waals surface area contributed by atoms with Crippen molar-refractivity contribution in [2.45, 2.75) is 13.0 Å². The Morgan fingerprint density at radius 3 is 2.93 bits per heavy atom. The molecule has 1 aromatic carbocycles. The van der Waals surface area contributed by atoms with Gasteiger partial charge in [-0.15, -0.1) is 0 Å². The van der Waals surface area contributed by atoms with Crippen LogP contribution in [0.5, 0.6) is 0 Å². The Kier molecular flexibility index (Phi) is 2.60. The molecule has 0 saturated heterocycles. The lowest BCUT2D eigenvalue weighted by molar-refractivity contribution is 0.606. The molecule has 0 spiro atoms. The van der Waals surface area contributed by atoms with Crippen molar-refractivity contribution >= 4 is 10.9 Å². The standard InChI is InChI=1S/C11H12FN3/c1-7(13-2)11-14-6-8-4-3-5-9(12)10(8)15-11/h3-7,13H,1-2H3. The number of hydrogen-bond donors (Lipinski definition) is 1. The van der Waals surface area contributed by atoms with Gasteiger partial charge in [-0.25, -0.2) is 14.4 Å². The van der Waals surface area contributed by atoms with Crippen molar-refractivity contribution in [2.24, 2.45) is 0 Å². The largest absolute Gasteiger partial charge is 0.311 e. The summed E-state index contributed by atoms with van der Waals surface area (Å²) < 4.78 is 13.4. The first-order chi connectivity index (χ1) is 7.22. The van der Waals surface area contributed by atoms with Crippen LogP contribution in [-0.2, 0) is 0 Å². The van der Waals surface area contributed by atoms with Crippen molar-refractivity contribution in [3.8, 4) is 0 Å². The number of para-hydroxylation sites is 1. The molecule has 0 fully saturated rings. The average molecular weight is 205 g/mol. The van der Waals surface area contributed by atoms with E-state index in [0.29, 0.717) is 11.3 Å². The number of nitrogens with one attached hydrogen (secondary N) is 1. The Bertz CT molecular complexity index is 484. The molecule has 0 aliphatic rings. The second-order valence-electron chi connectivity index (χ2n) is 3.42. The zero-order valence-electron chi connectivity index (χ0n) is 8.66. The van der Waals surface area contributed by atoms with Gasteiger partial charge in [0, 0.05) is 11.6 Å². The third kappa shape index (κ3) is 1.80. The summed E-state index contributed by atoms with van der Waals surface area (Å²) in [6, 6.07) is 4.88. The zero-order chi connectivity index (χ0) is 10.8. The van der Waals surface area contributed by atoms with E-state index in [1.807, 2.05) is 14.0 Å². The van der Waals surface area contributed by atoms with Crippen LogP contribution in [0.4, 0.5) is 4.39 Å². The van der Waals surface area contributed by atoms with Gasteiger partial charge in [0.25, 0.3) is 0 Å². The highest BCUT2D eigenvalue weighted by Gasteiger charge is 2.08. The first kappa shape index (κ1) is 9.98. The lowest BCUT2D eigenvalue weighted by atomic mass is 10.2. The molecule has 1 aromatic heterocycles. The number of benzene rings is 1. The SMILES string of the molecule is CNC(C)c1ncc2cccc(F)c2n1. The molecule has 0 bridgehead atoms. The Morgan fingerprint density at radius 1 is 1.40 bits per heavy atom. The molecule has 78 valence electrons. The summed E-state index contributed by atoms with van der Waals surface area (Å²) in [6.45, 7) is 1.93. The summed E-state index contributed by atoms with van der Waals surface area (Å²) in [6.07, 6.45) is 1.65. The molecule has 3 nitrogen and oxygen atoms in total. The number of aromatic nitrogens is 2. The summed E-state index contributed by atoms with van der Waals surface area (Å²) in [5, 5.41) is 3.74. The van der Waals surface area contributed by atoms with E-state index < -0.39 is 0 Å². The molecule has 0 amide bonds. The van der Waals surface area contributed by atoms with Gasteiger partial charge in [-0.2, -0.15) is 0 Å². The van der Waals surface area contributed by atoms with Gasteiger partial charge in [0.15, 0.2) is 0 Å². The second kappa shape index (κ2) is 3.90. The lowest BCUT2D eigenvalue weighted by Crippen LogP contribution is -2.15. The molecule has 1 heterocycles. The highest BCUT2D eigenvalue weighted by molar-refractivity contribution is 5.77. The molecule has 15 heavy (non-hydrogen) atoms. The molecule has 4 heteroatoms. The normalized spacial score (nSPS) is 13.0. The van der Waals surface area contributed by atoms with Gasteiger partial charge < -0.3 is 5.32 Å². The van der Waals surface area contributed by atoms with E-state index in [4.69, 9.17) is 0 Å². The number of fused-ring (bicyclic) bond motifs is 1. The van der Waals surface area contributed by atoms with E-state index in [2.05, 4.69) is 15.3 Å². The van der Waals surface area contributed by atoms with Crippen LogP contribution in [0.3, 0.4) is 0 Å². The van der Waals surface area contributed by atoms with Crippen molar-refractivity contribution in [1.82, 2.24) is 15.3 Å². The van der Waals surface area contributed by atoms with Crippen molar-refractivity contribution < 1.29 is 4.39 Å². The summed E-state index contributed by atoms with van der Waals surface area (Å²) in [7, 11) is 1.82. The fourth-order valence-electron chi connectivity index (χ4n) is 1.37. The van der Waals surface area contributed by atoms with Crippen LogP contribution < -0.4 is 5.32 Å². The number of hydrogen-bond acceptors (Lipinski definition) is 3. The molecule has 0 aliphatic heterocycles. The monoisotopic (exact) mass is 205 g/mol. The van der Waals surface area contributed by atoms with Crippen LogP contribution in [0, 0.1) is 5.82 Å². The highest BCUT2D eigenvalue weighted by Crippen LogP contribution is 2.16. The topological polar surface area (TPSA) is 37.8 Å². The van der Waals surface area contributed by atoms with E-state index in [0.717, 1.165) is 5.39 Å². The Morgan fingerprint density at radius 2 is 2.20 bits per heavy atom. The van der Waals surface area contributed by atoms with E-state index >= 15 is 0 Å². The molecular weight excluding hydrogens is 193 g/mol. The van der Waals surface area contributed by atoms with Crippen LogP contribution in [-0.4, -0.2) is 17.0 Å². The Labute approximate surface area is 87.4 Å². The molecule has 0 radical (unpaired) electrons. The van der Waals surface area contributed by atoms with Gasteiger partial charge >= 0.3 is 0 Å². The summed E-state index contributed by atoms with van der Waals surface area (Å²) in [4.78, 5) is 8.38. The maximum absolute atomic E-state index is 13.4. The molecule has 2 rings (SSSR count). The predicted octanol–water partition coefficient (Wildman–Crippen LogP) is 2.05. The first-order valence-electron chi connectivity index (χ1n) is 4.81. The second-order valence-corrected chi connectivity index (χ2v) is 3.42. The maximum atomic E-state index is 13.4. The fraction of sp³-hybridized carbons (Fsp3) is 0.273. The van der Waals surface area contributed by atoms with Crippen LogP contribution in [0.2, 0.25) is 0 Å². The van der Waals surface area contributed by atoms with Crippen LogP contribution in [0.25, 0.3) is 10.9 Å². The first-order valence-corrected chi connectivity index (χ1v) is 4.81. The molecule has 0 aliphatic carbocycles. The van der Waals surface area contributed by atoms with Gasteiger partial charge in [-0.05, 0) is 20.0 Å². The maximum Gasteiger partial charge on any atom is 0.149 e. The van der Waals surface area contributed by atoms with E-state index in [9.17, 15) is 4.39 Å². The fourth-order valence-corrected chi connectivity index (χ4v) is 1.37. The van der Waals surface area contributed by atoms with Gasteiger partial charge in [0.05, 0.1) is 6.04 Å². The summed E-state index contributed by atoms with van der Waals surface area (Å²) >= 11 is 0. The Hall–Kier alpha value is -1.55. The quantitative estimate of drug-likeness (QED) is 0.815. The molecule has 1 unspecified atom stereocenters. The third-order valence-corrected chi connectivity index (χ3v) is 2.40. The molecule has 1 atom stereocenters. The number of rotatable bonds is 2. The minimum Gasteiger partial charge on any atom is -0.311 e. The van der Waals surface area contributed by atoms with Crippen LogP contribution in [0.1, 0.15) is 18.8 Å². The summed E-state index contributed by atoms with van der Waals surface area (Å²) in [5.41, 5.74) is 0.379. The predicted molar refractivity (Wildman–Crippen MR) is 57.0 cm³/mol. The lowest BCUT2D eigenvalue weighted by Gasteiger charge is -2.08. The van der Waals surface area contributed by atoms with Gasteiger partial charge in [0.2, 0.25) is 0 Å². The van der Waals surface area contributed by atoms with Gasteiger partial charge in [0.1, 0.15) is 17.2 Å². The van der Waals surface area contributed by atoms with Crippen molar-refractivity contribution in [2.75, 3.05) is 7.05 Å². The molecule has 1 N–H and O–H groups in total. The van der Waals surface area contributed by atoms with Crippen LogP contribution in [0.15, 0.2) is 24.4 Å². The van der Waals surface area contributed by atoms with Gasteiger partial charge in [-0.1, -0.05) is 12.1 Å². The summed E-state index contributed by atoms with van der Waals surface area (Å²) in [5.74, 6) is 0.301. The zero-order valence-corrected chi connectivity index (χ0v) is 8.66. The minimum atomic E-state index is -0.306.